The summed E-state index contributed by atoms with van der Waals surface area (Å²) in [5.74, 6) is 1.44. The normalized spacial score (nSPS) is 17.4. The highest BCUT2D eigenvalue weighted by Gasteiger charge is 2.40. The van der Waals surface area contributed by atoms with E-state index in [1.54, 1.807) is 25.3 Å². The summed E-state index contributed by atoms with van der Waals surface area (Å²) in [6, 6.07) is 7.06. The number of hydrogen-bond donors (Lipinski definition) is 1. The number of rotatable bonds is 4. The molecule has 0 unspecified atom stereocenters. The van der Waals surface area contributed by atoms with Crippen molar-refractivity contribution in [2.75, 3.05) is 7.11 Å². The van der Waals surface area contributed by atoms with E-state index in [0.717, 1.165) is 31.2 Å². The van der Waals surface area contributed by atoms with Crippen LogP contribution in [-0.2, 0) is 16.8 Å². The van der Waals surface area contributed by atoms with Gasteiger partial charge in [0.2, 0.25) is 11.7 Å². The number of phenolic OH excluding ortho intramolecular Hbond substituents is 1. The molecular weight excluding hydrogens is 256 g/mol. The second-order valence-corrected chi connectivity index (χ2v) is 5.26. The number of hydrogen-bond acceptors (Lipinski definition) is 5. The van der Waals surface area contributed by atoms with Gasteiger partial charge in [0, 0.05) is 7.11 Å². The van der Waals surface area contributed by atoms with E-state index in [-0.39, 0.29) is 11.4 Å². The van der Waals surface area contributed by atoms with E-state index in [2.05, 4.69) is 10.1 Å². The summed E-state index contributed by atoms with van der Waals surface area (Å²) in [5, 5.41) is 13.5. The van der Waals surface area contributed by atoms with Gasteiger partial charge in [0.1, 0.15) is 11.4 Å². The van der Waals surface area contributed by atoms with Crippen LogP contribution in [0.15, 0.2) is 28.8 Å². The molecule has 2 aromatic rings. The summed E-state index contributed by atoms with van der Waals surface area (Å²) in [7, 11) is 1.70. The van der Waals surface area contributed by atoms with E-state index in [1.165, 1.54) is 0 Å². The zero-order valence-electron chi connectivity index (χ0n) is 11.5. The molecular formula is C15H18N2O3. The Kier molecular flexibility index (Phi) is 3.44. The largest absolute Gasteiger partial charge is 0.508 e. The van der Waals surface area contributed by atoms with E-state index in [9.17, 15) is 5.11 Å². The predicted molar refractivity (Wildman–Crippen MR) is 72.4 cm³/mol. The van der Waals surface area contributed by atoms with Crippen LogP contribution in [0.2, 0.25) is 0 Å². The fourth-order valence-corrected chi connectivity index (χ4v) is 2.82. The average molecular weight is 274 g/mol. The molecule has 0 aliphatic heterocycles. The topological polar surface area (TPSA) is 68.4 Å². The van der Waals surface area contributed by atoms with Crippen molar-refractivity contribution in [2.24, 2.45) is 0 Å². The quantitative estimate of drug-likeness (QED) is 0.928. The van der Waals surface area contributed by atoms with Gasteiger partial charge < -0.3 is 14.4 Å². The van der Waals surface area contributed by atoms with Gasteiger partial charge in [-0.1, -0.05) is 17.3 Å². The minimum absolute atomic E-state index is 0.242. The number of aromatic nitrogens is 2. The third-order valence-electron chi connectivity index (χ3n) is 3.94. The summed E-state index contributed by atoms with van der Waals surface area (Å²) in [4.78, 5) is 4.48. The highest BCUT2D eigenvalue weighted by molar-refractivity contribution is 5.28. The Morgan fingerprint density at radius 2 is 2.15 bits per heavy atom. The SMILES string of the molecule is COC1(c2noc(Cc3cccc(O)c3)n2)CCCC1. The third-order valence-corrected chi connectivity index (χ3v) is 3.94. The first-order chi connectivity index (χ1) is 9.72. The van der Waals surface area contributed by atoms with Gasteiger partial charge in [-0.15, -0.1) is 0 Å². The molecule has 0 radical (unpaired) electrons. The first-order valence-electron chi connectivity index (χ1n) is 6.88. The molecule has 0 atom stereocenters. The molecule has 106 valence electrons. The summed E-state index contributed by atoms with van der Waals surface area (Å²) in [6.07, 6.45) is 4.65. The first kappa shape index (κ1) is 13.1. The van der Waals surface area contributed by atoms with E-state index in [4.69, 9.17) is 9.26 Å². The van der Waals surface area contributed by atoms with Crippen molar-refractivity contribution in [3.63, 3.8) is 0 Å². The van der Waals surface area contributed by atoms with Gasteiger partial charge in [-0.05, 0) is 43.4 Å². The van der Waals surface area contributed by atoms with Crippen molar-refractivity contribution in [3.8, 4) is 5.75 Å². The van der Waals surface area contributed by atoms with E-state index in [1.807, 2.05) is 6.07 Å². The molecule has 1 aromatic carbocycles. The number of methoxy groups -OCH3 is 1. The smallest absolute Gasteiger partial charge is 0.231 e. The number of aromatic hydroxyl groups is 1. The molecule has 0 amide bonds. The van der Waals surface area contributed by atoms with Gasteiger partial charge >= 0.3 is 0 Å². The zero-order valence-corrected chi connectivity index (χ0v) is 11.5. The fraction of sp³-hybridized carbons (Fsp3) is 0.467. The van der Waals surface area contributed by atoms with Crippen LogP contribution >= 0.6 is 0 Å². The Labute approximate surface area is 117 Å². The molecule has 5 heteroatoms. The minimum atomic E-state index is -0.374. The summed E-state index contributed by atoms with van der Waals surface area (Å²) in [6.45, 7) is 0. The van der Waals surface area contributed by atoms with Crippen molar-refractivity contribution < 1.29 is 14.4 Å². The third kappa shape index (κ3) is 2.41. The monoisotopic (exact) mass is 274 g/mol. The Balaban J connectivity index is 1.80. The lowest BCUT2D eigenvalue weighted by molar-refractivity contribution is -0.0178. The molecule has 1 aliphatic rings. The molecule has 0 spiro atoms. The van der Waals surface area contributed by atoms with Crippen LogP contribution < -0.4 is 0 Å². The van der Waals surface area contributed by atoms with Crippen LogP contribution in [0.5, 0.6) is 5.75 Å². The van der Waals surface area contributed by atoms with Gasteiger partial charge in [-0.2, -0.15) is 4.98 Å². The number of phenols is 1. The van der Waals surface area contributed by atoms with Crippen LogP contribution in [0.4, 0.5) is 0 Å². The van der Waals surface area contributed by atoms with Crippen molar-refractivity contribution in [1.82, 2.24) is 10.1 Å². The van der Waals surface area contributed by atoms with E-state index < -0.39 is 0 Å². The van der Waals surface area contributed by atoms with Crippen LogP contribution in [0.1, 0.15) is 43.0 Å². The van der Waals surface area contributed by atoms with Gasteiger partial charge in [-0.25, -0.2) is 0 Å². The maximum Gasteiger partial charge on any atom is 0.231 e. The molecule has 0 bridgehead atoms. The highest BCUT2D eigenvalue weighted by atomic mass is 16.5. The van der Waals surface area contributed by atoms with Crippen molar-refractivity contribution in [1.29, 1.82) is 0 Å². The van der Waals surface area contributed by atoms with Gasteiger partial charge in [0.25, 0.3) is 0 Å². The lowest BCUT2D eigenvalue weighted by Gasteiger charge is -2.22. The maximum atomic E-state index is 9.46. The molecule has 20 heavy (non-hydrogen) atoms. The highest BCUT2D eigenvalue weighted by Crippen LogP contribution is 2.40. The Morgan fingerprint density at radius 3 is 2.85 bits per heavy atom. The van der Waals surface area contributed by atoms with Crippen LogP contribution in [0.25, 0.3) is 0 Å². The number of nitrogens with zero attached hydrogens (tertiary/aromatic N) is 2. The van der Waals surface area contributed by atoms with Gasteiger partial charge in [0.05, 0.1) is 6.42 Å². The Hall–Kier alpha value is -1.88. The molecule has 0 saturated heterocycles. The zero-order chi connectivity index (χ0) is 14.0. The summed E-state index contributed by atoms with van der Waals surface area (Å²) >= 11 is 0. The van der Waals surface area contributed by atoms with Crippen LogP contribution in [0, 0.1) is 0 Å². The molecule has 5 nitrogen and oxygen atoms in total. The predicted octanol–water partition coefficient (Wildman–Crippen LogP) is 2.78. The second-order valence-electron chi connectivity index (χ2n) is 5.26. The Bertz CT molecular complexity index is 588. The van der Waals surface area contributed by atoms with E-state index >= 15 is 0 Å². The van der Waals surface area contributed by atoms with Crippen LogP contribution in [0.3, 0.4) is 0 Å². The van der Waals surface area contributed by atoms with Gasteiger partial charge in [-0.3, -0.25) is 0 Å². The van der Waals surface area contributed by atoms with Crippen LogP contribution in [-0.4, -0.2) is 22.4 Å². The number of benzene rings is 1. The Morgan fingerprint density at radius 1 is 1.35 bits per heavy atom. The van der Waals surface area contributed by atoms with Gasteiger partial charge in [0.15, 0.2) is 0 Å². The molecule has 1 heterocycles. The molecule has 1 aliphatic carbocycles. The molecule has 1 N–H and O–H groups in total. The first-order valence-corrected chi connectivity index (χ1v) is 6.88. The fourth-order valence-electron chi connectivity index (χ4n) is 2.82. The number of ether oxygens (including phenoxy) is 1. The second kappa shape index (κ2) is 5.25. The molecule has 3 rings (SSSR count). The lowest BCUT2D eigenvalue weighted by Crippen LogP contribution is -2.26. The van der Waals surface area contributed by atoms with Crippen molar-refractivity contribution in [2.45, 2.75) is 37.7 Å². The summed E-state index contributed by atoms with van der Waals surface area (Å²) in [5.41, 5.74) is 0.568. The maximum absolute atomic E-state index is 9.46. The van der Waals surface area contributed by atoms with Crippen molar-refractivity contribution >= 4 is 0 Å². The molecule has 1 fully saturated rings. The minimum Gasteiger partial charge on any atom is -0.508 e. The standard InChI is InChI=1S/C15H18N2O3/c1-19-15(7-2-3-8-15)14-16-13(20-17-14)10-11-5-4-6-12(18)9-11/h4-6,9,18H,2-3,7-8,10H2,1H3. The van der Waals surface area contributed by atoms with E-state index in [0.29, 0.717) is 18.1 Å². The summed E-state index contributed by atoms with van der Waals surface area (Å²) < 4.78 is 11.0. The average Bonchev–Trinajstić information content (AvgIpc) is 3.08. The lowest BCUT2D eigenvalue weighted by atomic mass is 10.0. The molecule has 1 aromatic heterocycles. The van der Waals surface area contributed by atoms with Crippen molar-refractivity contribution in [3.05, 3.63) is 41.5 Å². The molecule has 1 saturated carbocycles.